The first-order valence-corrected chi connectivity index (χ1v) is 8.66. The van der Waals surface area contributed by atoms with E-state index in [0.29, 0.717) is 12.2 Å². The molecule has 5 nitrogen and oxygen atoms in total. The number of carboxylic acids is 1. The van der Waals surface area contributed by atoms with Crippen molar-refractivity contribution in [1.29, 1.82) is 0 Å². The fraction of sp³-hybridized carbons (Fsp3) is 0.333. The fourth-order valence-corrected chi connectivity index (χ4v) is 2.91. The van der Waals surface area contributed by atoms with Crippen molar-refractivity contribution in [3.8, 4) is 5.75 Å². The van der Waals surface area contributed by atoms with Crippen molar-refractivity contribution in [1.82, 2.24) is 5.32 Å². The summed E-state index contributed by atoms with van der Waals surface area (Å²) in [5, 5.41) is 11.6. The minimum atomic E-state index is -1.02. The molecule has 0 aliphatic rings. The minimum absolute atomic E-state index is 0.000503. The Morgan fingerprint density at radius 1 is 1.08 bits per heavy atom. The average Bonchev–Trinajstić information content (AvgIpc) is 2.60. The smallest absolute Gasteiger partial charge is 0.341 e. The molecule has 2 unspecified atom stereocenters. The summed E-state index contributed by atoms with van der Waals surface area (Å²) in [5.74, 6) is -0.380. The maximum atomic E-state index is 12.4. The second-order valence-corrected chi connectivity index (χ2v) is 6.50. The van der Waals surface area contributed by atoms with Crippen LogP contribution in [0.15, 0.2) is 48.5 Å². The number of carbonyl (C=O) groups excluding carboxylic acids is 1. The molecule has 0 aliphatic heterocycles. The number of hydrogen-bond donors (Lipinski definition) is 2. The summed E-state index contributed by atoms with van der Waals surface area (Å²) in [6, 6.07) is 15.0. The highest BCUT2D eigenvalue weighted by Crippen LogP contribution is 2.23. The van der Waals surface area contributed by atoms with Crippen LogP contribution in [-0.4, -0.2) is 23.6 Å². The molecule has 0 bridgehead atoms. The monoisotopic (exact) mass is 355 g/mol. The predicted molar refractivity (Wildman–Crippen MR) is 100 cm³/mol. The number of carboxylic acid groups (broad SMARTS) is 1. The van der Waals surface area contributed by atoms with E-state index in [4.69, 9.17) is 9.84 Å². The summed E-state index contributed by atoms with van der Waals surface area (Å²) in [5.41, 5.74) is 3.32. The van der Waals surface area contributed by atoms with Crippen LogP contribution in [0.3, 0.4) is 0 Å². The highest BCUT2D eigenvalue weighted by Gasteiger charge is 2.15. The van der Waals surface area contributed by atoms with Crippen LogP contribution < -0.4 is 10.1 Å². The molecule has 26 heavy (non-hydrogen) atoms. The van der Waals surface area contributed by atoms with Crippen molar-refractivity contribution in [3.05, 3.63) is 65.2 Å². The van der Waals surface area contributed by atoms with Crippen LogP contribution in [0.2, 0.25) is 0 Å². The Hall–Kier alpha value is -2.82. The van der Waals surface area contributed by atoms with Gasteiger partial charge in [0.25, 0.3) is 0 Å². The molecule has 0 aromatic heterocycles. The number of ether oxygens (including phenoxy) is 1. The molecule has 0 aliphatic carbocycles. The van der Waals surface area contributed by atoms with Gasteiger partial charge < -0.3 is 15.2 Å². The van der Waals surface area contributed by atoms with Crippen LogP contribution in [0.5, 0.6) is 5.75 Å². The molecule has 0 saturated heterocycles. The molecular weight excluding hydrogens is 330 g/mol. The predicted octanol–water partition coefficient (Wildman–Crippen LogP) is 3.83. The standard InChI is InChI=1S/C21H25NO4/c1-14-6-4-5-7-19(14)15(2)12-20(23)22-16(3)17-8-10-18(11-9-17)26-13-21(24)25/h4-11,15-16H,12-13H2,1-3H3,(H,22,23)(H,24,25). The Bertz CT molecular complexity index is 755. The van der Waals surface area contributed by atoms with E-state index in [9.17, 15) is 9.59 Å². The van der Waals surface area contributed by atoms with Gasteiger partial charge >= 0.3 is 5.97 Å². The summed E-state index contributed by atoms with van der Waals surface area (Å²) < 4.78 is 5.11. The lowest BCUT2D eigenvalue weighted by molar-refractivity contribution is -0.139. The highest BCUT2D eigenvalue weighted by atomic mass is 16.5. The Morgan fingerprint density at radius 3 is 2.35 bits per heavy atom. The fourth-order valence-electron chi connectivity index (χ4n) is 2.91. The number of aryl methyl sites for hydroxylation is 1. The Morgan fingerprint density at radius 2 is 1.73 bits per heavy atom. The summed E-state index contributed by atoms with van der Waals surface area (Å²) in [6.07, 6.45) is 0.426. The summed E-state index contributed by atoms with van der Waals surface area (Å²) in [4.78, 5) is 22.9. The van der Waals surface area contributed by atoms with Gasteiger partial charge in [0.15, 0.2) is 6.61 Å². The molecular formula is C21H25NO4. The molecule has 2 rings (SSSR count). The number of amides is 1. The van der Waals surface area contributed by atoms with Crippen molar-refractivity contribution in [2.75, 3.05) is 6.61 Å². The second-order valence-electron chi connectivity index (χ2n) is 6.50. The van der Waals surface area contributed by atoms with Crippen LogP contribution in [0, 0.1) is 6.92 Å². The van der Waals surface area contributed by atoms with E-state index in [1.54, 1.807) is 12.1 Å². The van der Waals surface area contributed by atoms with E-state index in [2.05, 4.69) is 31.3 Å². The number of rotatable bonds is 8. The Kier molecular flexibility index (Phi) is 6.78. The molecule has 1 amide bonds. The molecule has 2 atom stereocenters. The Labute approximate surface area is 154 Å². The number of benzene rings is 2. The van der Waals surface area contributed by atoms with E-state index in [0.717, 1.165) is 5.56 Å². The van der Waals surface area contributed by atoms with Crippen molar-refractivity contribution in [2.45, 2.75) is 39.2 Å². The van der Waals surface area contributed by atoms with Crippen molar-refractivity contribution in [2.24, 2.45) is 0 Å². The zero-order valence-electron chi connectivity index (χ0n) is 15.4. The zero-order chi connectivity index (χ0) is 19.1. The van der Waals surface area contributed by atoms with Gasteiger partial charge in [0, 0.05) is 6.42 Å². The number of aliphatic carboxylic acids is 1. The van der Waals surface area contributed by atoms with Crippen LogP contribution in [-0.2, 0) is 9.59 Å². The van der Waals surface area contributed by atoms with Gasteiger partial charge in [-0.1, -0.05) is 43.3 Å². The number of nitrogens with one attached hydrogen (secondary N) is 1. The van der Waals surface area contributed by atoms with Crippen molar-refractivity contribution < 1.29 is 19.4 Å². The maximum Gasteiger partial charge on any atom is 0.341 e. The molecule has 0 fully saturated rings. The van der Waals surface area contributed by atoms with E-state index in [1.807, 2.05) is 31.2 Å². The molecule has 2 N–H and O–H groups in total. The van der Waals surface area contributed by atoms with Crippen LogP contribution in [0.4, 0.5) is 0 Å². The SMILES string of the molecule is Cc1ccccc1C(C)CC(=O)NC(C)c1ccc(OCC(=O)O)cc1. The van der Waals surface area contributed by atoms with E-state index in [1.165, 1.54) is 11.1 Å². The van der Waals surface area contributed by atoms with Gasteiger partial charge in [-0.25, -0.2) is 4.79 Å². The molecule has 0 saturated carbocycles. The third-order valence-electron chi connectivity index (χ3n) is 4.33. The van der Waals surface area contributed by atoms with Gasteiger partial charge in [0.2, 0.25) is 5.91 Å². The third-order valence-corrected chi connectivity index (χ3v) is 4.33. The Balaban J connectivity index is 1.90. The number of carbonyl (C=O) groups is 2. The van der Waals surface area contributed by atoms with E-state index >= 15 is 0 Å². The summed E-state index contributed by atoms with van der Waals surface area (Å²) >= 11 is 0. The third kappa shape index (κ3) is 5.62. The first kappa shape index (κ1) is 19.5. The lowest BCUT2D eigenvalue weighted by atomic mass is 9.93. The largest absolute Gasteiger partial charge is 0.482 e. The van der Waals surface area contributed by atoms with Gasteiger partial charge in [0.1, 0.15) is 5.75 Å². The molecule has 0 radical (unpaired) electrons. The summed E-state index contributed by atoms with van der Waals surface area (Å²) in [7, 11) is 0. The first-order valence-electron chi connectivity index (χ1n) is 8.66. The summed E-state index contributed by atoms with van der Waals surface area (Å²) in [6.45, 7) is 5.66. The number of hydrogen-bond acceptors (Lipinski definition) is 3. The van der Waals surface area contributed by atoms with Crippen molar-refractivity contribution >= 4 is 11.9 Å². The van der Waals surface area contributed by atoms with Crippen LogP contribution in [0.1, 0.15) is 48.9 Å². The normalized spacial score (nSPS) is 12.9. The maximum absolute atomic E-state index is 12.4. The van der Waals surface area contributed by atoms with Gasteiger partial charge in [-0.15, -0.1) is 0 Å². The molecule has 5 heteroatoms. The lowest BCUT2D eigenvalue weighted by Crippen LogP contribution is -2.27. The van der Waals surface area contributed by atoms with Gasteiger partial charge in [-0.3, -0.25) is 4.79 Å². The highest BCUT2D eigenvalue weighted by molar-refractivity contribution is 5.77. The zero-order valence-corrected chi connectivity index (χ0v) is 15.4. The topological polar surface area (TPSA) is 75.6 Å². The molecule has 2 aromatic rings. The van der Waals surface area contributed by atoms with Gasteiger partial charge in [0.05, 0.1) is 6.04 Å². The molecule has 138 valence electrons. The lowest BCUT2D eigenvalue weighted by Gasteiger charge is -2.18. The van der Waals surface area contributed by atoms with Crippen molar-refractivity contribution in [3.63, 3.8) is 0 Å². The van der Waals surface area contributed by atoms with Crippen LogP contribution >= 0.6 is 0 Å². The minimum Gasteiger partial charge on any atom is -0.482 e. The van der Waals surface area contributed by atoms with Gasteiger partial charge in [-0.2, -0.15) is 0 Å². The molecule has 2 aromatic carbocycles. The first-order chi connectivity index (χ1) is 12.4. The van der Waals surface area contributed by atoms with Gasteiger partial charge in [-0.05, 0) is 48.6 Å². The van der Waals surface area contributed by atoms with Crippen LogP contribution in [0.25, 0.3) is 0 Å². The molecule has 0 heterocycles. The second kappa shape index (κ2) is 9.04. The average molecular weight is 355 g/mol. The molecule has 0 spiro atoms. The van der Waals surface area contributed by atoms with E-state index in [-0.39, 0.29) is 24.5 Å². The van der Waals surface area contributed by atoms with E-state index < -0.39 is 5.97 Å². The quantitative estimate of drug-likeness (QED) is 0.754.